The minimum Gasteiger partial charge on any atom is -0.456 e. The molecule has 0 amide bonds. The molecule has 0 fully saturated rings. The molecule has 0 spiro atoms. The summed E-state index contributed by atoms with van der Waals surface area (Å²) in [6.07, 6.45) is 0. The lowest BCUT2D eigenvalue weighted by atomic mass is 9.33. The van der Waals surface area contributed by atoms with E-state index in [4.69, 9.17) is 8.83 Å². The number of anilines is 6. The lowest BCUT2D eigenvalue weighted by Gasteiger charge is -2.45. The second-order valence-corrected chi connectivity index (χ2v) is 25.8. The maximum absolute atomic E-state index is 6.47. The van der Waals surface area contributed by atoms with Crippen LogP contribution in [0, 0.1) is 0 Å². The normalized spacial score (nSPS) is 12.7. The standard InChI is InChI=1S/C90H55BN4O2/c1-13-34-76(60(22-1)56-46-50-88-70(52-56)68-30-9-19-42-86(68)96-88)94-82-48-44-58(62-24-3-11-32-74(62)92-78-36-15-5-26-64(78)65-27-6-16-37-79(65)92)54-72(82)91-73-55-59(63-25-4-12-33-75(63)93-80-38-17-7-28-66(80)67-29-8-18-39-81(67)93)45-49-83(73)95(85-41-21-40-84(94)90(85)91)77-35-14-2-23-61(77)57-47-51-89-71(53-57)69-31-10-20-43-87(69)97-89/h1-55H. The number of para-hydroxylation sites is 10. The van der Waals surface area contributed by atoms with Crippen molar-refractivity contribution >= 4 is 145 Å². The van der Waals surface area contributed by atoms with Crippen LogP contribution in [0.5, 0.6) is 0 Å². The maximum Gasteiger partial charge on any atom is 0.252 e. The third-order valence-electron chi connectivity index (χ3n) is 20.7. The SMILES string of the molecule is c1ccc(N2c3ccc(-c4ccccc4-n4c5ccccc5c5ccccc54)cc3B3c4cc(-c5ccccc5-n5c6ccccc6c6ccccc65)ccc4N(c4ccccc4-c4ccc5oc6ccccc6c5c4)c4cccc2c43)c(-c2ccc3oc4ccccc4c3c2)c1. The van der Waals surface area contributed by atoms with E-state index >= 15 is 0 Å². The third-order valence-corrected chi connectivity index (χ3v) is 20.7. The summed E-state index contributed by atoms with van der Waals surface area (Å²) in [6, 6.07) is 123. The first-order chi connectivity index (χ1) is 48.1. The van der Waals surface area contributed by atoms with Crippen LogP contribution in [0.1, 0.15) is 0 Å². The Hall–Kier alpha value is -12.8. The fourth-order valence-electron chi connectivity index (χ4n) is 16.6. The lowest BCUT2D eigenvalue weighted by molar-refractivity contribution is 0.668. The average molecular weight is 1240 g/mol. The van der Waals surface area contributed by atoms with E-state index in [0.29, 0.717) is 0 Å². The van der Waals surface area contributed by atoms with Crippen LogP contribution in [0.15, 0.2) is 342 Å². The Balaban J connectivity index is 0.845. The van der Waals surface area contributed by atoms with Crippen molar-refractivity contribution in [3.63, 3.8) is 0 Å². The van der Waals surface area contributed by atoms with E-state index < -0.39 is 0 Å². The molecule has 0 aliphatic carbocycles. The summed E-state index contributed by atoms with van der Waals surface area (Å²) in [7, 11) is 0. The first kappa shape index (κ1) is 53.6. The first-order valence-electron chi connectivity index (χ1n) is 33.3. The molecule has 0 bridgehead atoms. The predicted molar refractivity (Wildman–Crippen MR) is 405 cm³/mol. The molecule has 0 radical (unpaired) electrons. The van der Waals surface area contributed by atoms with Gasteiger partial charge in [0.25, 0.3) is 6.71 Å². The molecule has 0 unspecified atom stereocenters. The molecule has 2 aliphatic rings. The van der Waals surface area contributed by atoms with Gasteiger partial charge in [0, 0.05) is 88.1 Å². The largest absolute Gasteiger partial charge is 0.456 e. The van der Waals surface area contributed by atoms with Gasteiger partial charge < -0.3 is 27.8 Å². The zero-order chi connectivity index (χ0) is 63.4. The number of hydrogen-bond acceptors (Lipinski definition) is 4. The summed E-state index contributed by atoms with van der Waals surface area (Å²) in [5, 5.41) is 9.30. The number of rotatable bonds is 8. The third kappa shape index (κ3) is 7.91. The molecular formula is C90H55BN4O2. The van der Waals surface area contributed by atoms with Crippen LogP contribution >= 0.6 is 0 Å². The van der Waals surface area contributed by atoms with Crippen molar-refractivity contribution in [3.8, 4) is 55.9 Å². The van der Waals surface area contributed by atoms with Crippen molar-refractivity contribution in [2.24, 2.45) is 0 Å². The van der Waals surface area contributed by atoms with Gasteiger partial charge in [0.2, 0.25) is 0 Å². The zero-order valence-corrected chi connectivity index (χ0v) is 52.4. The van der Waals surface area contributed by atoms with Crippen LogP contribution in [0.25, 0.3) is 143 Å². The van der Waals surface area contributed by atoms with Crippen molar-refractivity contribution in [2.75, 3.05) is 9.80 Å². The lowest BCUT2D eigenvalue weighted by Crippen LogP contribution is -2.61. The van der Waals surface area contributed by atoms with Gasteiger partial charge in [0.1, 0.15) is 22.3 Å². The number of hydrogen-bond donors (Lipinski definition) is 0. The second kappa shape index (κ2) is 20.8. The summed E-state index contributed by atoms with van der Waals surface area (Å²) in [4.78, 5) is 5.13. The Bertz CT molecular complexity index is 6030. The van der Waals surface area contributed by atoms with Crippen LogP contribution in [-0.4, -0.2) is 15.8 Å². The quantitative estimate of drug-likeness (QED) is 0.142. The second-order valence-electron chi connectivity index (χ2n) is 25.8. The van der Waals surface area contributed by atoms with Crippen LogP contribution in [-0.2, 0) is 0 Å². The molecule has 21 rings (SSSR count). The van der Waals surface area contributed by atoms with E-state index in [2.05, 4.69) is 340 Å². The van der Waals surface area contributed by atoms with Crippen LogP contribution in [0.2, 0.25) is 0 Å². The molecule has 2 aliphatic heterocycles. The van der Waals surface area contributed by atoms with Crippen molar-refractivity contribution in [1.82, 2.24) is 9.13 Å². The molecule has 6 nitrogen and oxygen atoms in total. The minimum absolute atomic E-state index is 0.244. The van der Waals surface area contributed by atoms with E-state index in [9.17, 15) is 0 Å². The van der Waals surface area contributed by atoms with Crippen molar-refractivity contribution in [3.05, 3.63) is 334 Å². The van der Waals surface area contributed by atoms with Gasteiger partial charge in [-0.1, -0.05) is 224 Å². The van der Waals surface area contributed by atoms with Crippen LogP contribution < -0.4 is 26.2 Å². The number of aromatic nitrogens is 2. The molecule has 0 atom stereocenters. The van der Waals surface area contributed by atoms with Gasteiger partial charge in [-0.25, -0.2) is 0 Å². The fourth-order valence-corrected chi connectivity index (χ4v) is 16.6. The molecule has 7 heteroatoms. The Kier molecular flexibility index (Phi) is 11.5. The smallest absolute Gasteiger partial charge is 0.252 e. The number of nitrogens with zero attached hydrogens (tertiary/aromatic N) is 4. The van der Waals surface area contributed by atoms with E-state index in [1.165, 1.54) is 60.0 Å². The summed E-state index contributed by atoms with van der Waals surface area (Å²) in [6.45, 7) is -0.244. The highest BCUT2D eigenvalue weighted by Gasteiger charge is 2.44. The molecule has 4 aromatic heterocycles. The monoisotopic (exact) mass is 1230 g/mol. The van der Waals surface area contributed by atoms with E-state index in [1.807, 2.05) is 12.1 Å². The molecule has 450 valence electrons. The highest BCUT2D eigenvalue weighted by molar-refractivity contribution is 7.00. The van der Waals surface area contributed by atoms with Gasteiger partial charge in [0.05, 0.1) is 44.8 Å². The highest BCUT2D eigenvalue weighted by Crippen LogP contribution is 2.51. The Morgan fingerprint density at radius 2 is 0.505 bits per heavy atom. The van der Waals surface area contributed by atoms with Crippen LogP contribution in [0.4, 0.5) is 34.1 Å². The van der Waals surface area contributed by atoms with Gasteiger partial charge in [-0.05, 0) is 148 Å². The molecule has 19 aromatic rings. The van der Waals surface area contributed by atoms with Crippen molar-refractivity contribution in [1.29, 1.82) is 0 Å². The number of benzene rings is 15. The number of furan rings is 2. The van der Waals surface area contributed by atoms with Gasteiger partial charge in [-0.3, -0.25) is 0 Å². The highest BCUT2D eigenvalue weighted by atomic mass is 16.3. The molecule has 15 aromatic carbocycles. The average Bonchev–Trinajstić information content (AvgIpc) is 1.58. The summed E-state index contributed by atoms with van der Waals surface area (Å²) < 4.78 is 17.9. The topological polar surface area (TPSA) is 42.6 Å². The summed E-state index contributed by atoms with van der Waals surface area (Å²) in [5.74, 6) is 0. The predicted octanol–water partition coefficient (Wildman–Crippen LogP) is 22.4. The Morgan fingerprint density at radius 3 is 0.918 bits per heavy atom. The van der Waals surface area contributed by atoms with Crippen LogP contribution in [0.3, 0.4) is 0 Å². The molecule has 0 N–H and O–H groups in total. The Morgan fingerprint density at radius 1 is 0.206 bits per heavy atom. The van der Waals surface area contributed by atoms with E-state index in [-0.39, 0.29) is 6.71 Å². The first-order valence-corrected chi connectivity index (χ1v) is 33.3. The maximum atomic E-state index is 6.47. The molecular weight excluding hydrogens is 1180 g/mol. The van der Waals surface area contributed by atoms with Gasteiger partial charge in [0.15, 0.2) is 0 Å². The molecule has 0 saturated carbocycles. The molecule has 0 saturated heterocycles. The molecule has 97 heavy (non-hydrogen) atoms. The van der Waals surface area contributed by atoms with Gasteiger partial charge in [-0.15, -0.1) is 0 Å². The summed E-state index contributed by atoms with van der Waals surface area (Å²) >= 11 is 0. The minimum atomic E-state index is -0.244. The van der Waals surface area contributed by atoms with Crippen molar-refractivity contribution in [2.45, 2.75) is 0 Å². The van der Waals surface area contributed by atoms with Gasteiger partial charge in [-0.2, -0.15) is 0 Å². The summed E-state index contributed by atoms with van der Waals surface area (Å²) in [5.41, 5.74) is 29.7. The number of fused-ring (bicyclic) bond motifs is 16. The van der Waals surface area contributed by atoms with Crippen molar-refractivity contribution < 1.29 is 8.83 Å². The van der Waals surface area contributed by atoms with E-state index in [1.54, 1.807) is 0 Å². The van der Waals surface area contributed by atoms with Gasteiger partial charge >= 0.3 is 0 Å². The van der Waals surface area contributed by atoms with E-state index in [0.717, 1.165) is 134 Å². The Labute approximate surface area is 558 Å². The zero-order valence-electron chi connectivity index (χ0n) is 52.4. The molecule has 6 heterocycles. The fraction of sp³-hybridized carbons (Fsp3) is 0.